The van der Waals surface area contributed by atoms with Gasteiger partial charge in [0.15, 0.2) is 6.10 Å². The van der Waals surface area contributed by atoms with Gasteiger partial charge in [0.2, 0.25) is 0 Å². The normalized spacial score (nSPS) is 13.4. The van der Waals surface area contributed by atoms with Crippen molar-refractivity contribution in [3.05, 3.63) is 182 Å². The fraction of sp³-hybridized carbons (Fsp3) is 0.535. The molecule has 1 atom stereocenters. The highest BCUT2D eigenvalue weighted by Gasteiger charge is 2.19. The maximum atomic E-state index is 12.8. The van der Waals surface area contributed by atoms with Crippen LogP contribution in [0.4, 0.5) is 0 Å². The topological polar surface area (TPSA) is 78.9 Å². The maximum absolute atomic E-state index is 12.8. The summed E-state index contributed by atoms with van der Waals surface area (Å²) in [5.74, 6) is -1.13. The number of carbonyl (C=O) groups excluding carboxylic acids is 3. The van der Waals surface area contributed by atoms with Gasteiger partial charge in [-0.2, -0.15) is 0 Å². The van der Waals surface area contributed by atoms with Crippen LogP contribution in [0, 0.1) is 0 Å². The van der Waals surface area contributed by atoms with Crippen LogP contribution in [0.1, 0.15) is 226 Å². The Morgan fingerprint density at radius 1 is 0.286 bits per heavy atom. The lowest BCUT2D eigenvalue weighted by Crippen LogP contribution is -2.30. The van der Waals surface area contributed by atoms with Gasteiger partial charge in [-0.15, -0.1) is 0 Å². The van der Waals surface area contributed by atoms with E-state index in [1.54, 1.807) is 6.08 Å². The predicted octanol–water partition coefficient (Wildman–Crippen LogP) is 20.9. The van der Waals surface area contributed by atoms with Gasteiger partial charge in [-0.3, -0.25) is 14.4 Å². The number of unbranched alkanes of at least 4 members (excludes halogenated alkanes) is 12. The first kappa shape index (κ1) is 71.5. The van der Waals surface area contributed by atoms with Gasteiger partial charge in [0, 0.05) is 12.8 Å². The molecule has 0 N–H and O–H groups in total. The molecule has 0 aromatic rings. The van der Waals surface area contributed by atoms with Crippen molar-refractivity contribution in [1.29, 1.82) is 0 Å². The third-order valence-electron chi connectivity index (χ3n) is 11.9. The van der Waals surface area contributed by atoms with Crippen LogP contribution in [0.5, 0.6) is 0 Å². The van der Waals surface area contributed by atoms with E-state index in [1.165, 1.54) is 38.5 Å². The third-order valence-corrected chi connectivity index (χ3v) is 11.9. The number of rotatable bonds is 52. The molecule has 0 bridgehead atoms. The van der Waals surface area contributed by atoms with Crippen molar-refractivity contribution < 1.29 is 28.6 Å². The smallest absolute Gasteiger partial charge is 0.310 e. The van der Waals surface area contributed by atoms with Gasteiger partial charge in [0.05, 0.1) is 6.42 Å². The second-order valence-electron chi connectivity index (χ2n) is 19.2. The van der Waals surface area contributed by atoms with Crippen LogP contribution in [0.15, 0.2) is 182 Å². The number of carbonyl (C=O) groups is 3. The van der Waals surface area contributed by atoms with Crippen molar-refractivity contribution in [2.75, 3.05) is 13.2 Å². The van der Waals surface area contributed by atoms with E-state index >= 15 is 0 Å². The Bertz CT molecular complexity index is 1840. The molecule has 0 aliphatic carbocycles. The first-order valence-electron chi connectivity index (χ1n) is 30.3. The summed E-state index contributed by atoms with van der Waals surface area (Å²) in [6, 6.07) is 0. The molecule has 0 rings (SSSR count). The number of allylic oxidation sites excluding steroid dienone is 29. The summed E-state index contributed by atoms with van der Waals surface area (Å²) >= 11 is 0. The molecule has 0 fully saturated rings. The molecule has 428 valence electrons. The Balaban J connectivity index is 4.48. The molecule has 0 aromatic heterocycles. The SMILES string of the molecule is CC/C=C\C/C=C\C/C=C\C/C=C\C/C=C\C/C=C\C/C=C\C/C=C\C/C=C\CCCCCC(=O)OCC(COC(=O)CCCCCCC/C=C\CCCCCC)OC(=O)C/C=C\C/C=C\C/C=C\C/C=C\C/C=C\CC. The largest absolute Gasteiger partial charge is 0.462 e. The van der Waals surface area contributed by atoms with Gasteiger partial charge >= 0.3 is 17.9 Å². The van der Waals surface area contributed by atoms with E-state index in [0.717, 1.165) is 141 Å². The standard InChI is InChI=1S/C71H108O6/c1-4-7-10-13-16-19-22-25-27-28-29-30-31-32-33-34-35-36-37-38-39-40-41-42-44-46-49-52-55-58-61-64-70(73)76-67-68(66-75-69(72)63-60-57-54-51-48-45-24-21-18-15-12-9-6-3)77-71(74)65-62-59-56-53-50-47-43-26-23-20-17-14-11-8-5-2/h7-8,10-11,16-17,19-21,24-27,29-30,32-33,35-36,38-39,41-43,46,49-50,53,59,62,68H,4-6,9,12-15,18,22-23,28,31,34,37,40,44-45,47-48,51-52,54-58,60-61,63-67H2,1-3H3/b10-7-,11-8-,19-16-,20-17-,24-21-,27-25-,30-29-,33-32-,36-35-,39-38-,42-41-,43-26-,49-46-,53-50-,62-59-. The lowest BCUT2D eigenvalue weighted by atomic mass is 10.1. The zero-order chi connectivity index (χ0) is 55.7. The van der Waals surface area contributed by atoms with Crippen LogP contribution in [0.2, 0.25) is 0 Å². The molecular weight excluding hydrogens is 949 g/mol. The molecular formula is C71H108O6. The second kappa shape index (κ2) is 63.0. The second-order valence-corrected chi connectivity index (χ2v) is 19.2. The molecule has 0 radical (unpaired) electrons. The van der Waals surface area contributed by atoms with Crippen molar-refractivity contribution in [2.24, 2.45) is 0 Å². The first-order chi connectivity index (χ1) is 38.0. The van der Waals surface area contributed by atoms with Crippen molar-refractivity contribution in [2.45, 2.75) is 232 Å². The summed E-state index contributed by atoms with van der Waals surface area (Å²) in [6.45, 7) is 6.25. The zero-order valence-corrected chi connectivity index (χ0v) is 48.9. The molecule has 1 unspecified atom stereocenters. The van der Waals surface area contributed by atoms with Gasteiger partial charge < -0.3 is 14.2 Å². The minimum absolute atomic E-state index is 0.0784. The molecule has 0 spiro atoms. The molecule has 6 heteroatoms. The van der Waals surface area contributed by atoms with Crippen molar-refractivity contribution >= 4 is 17.9 Å². The summed E-state index contributed by atoms with van der Waals surface area (Å²) in [6.07, 6.45) is 94.9. The molecule has 0 aliphatic heterocycles. The third kappa shape index (κ3) is 61.2. The Hall–Kier alpha value is -5.49. The quantitative estimate of drug-likeness (QED) is 0.0261. The van der Waals surface area contributed by atoms with E-state index in [2.05, 4.69) is 191 Å². The van der Waals surface area contributed by atoms with Gasteiger partial charge in [0.1, 0.15) is 13.2 Å². The Morgan fingerprint density at radius 3 is 0.883 bits per heavy atom. The highest BCUT2D eigenvalue weighted by Crippen LogP contribution is 2.12. The molecule has 6 nitrogen and oxygen atoms in total. The van der Waals surface area contributed by atoms with Gasteiger partial charge in [-0.25, -0.2) is 0 Å². The van der Waals surface area contributed by atoms with Crippen LogP contribution < -0.4 is 0 Å². The lowest BCUT2D eigenvalue weighted by Gasteiger charge is -2.18. The lowest BCUT2D eigenvalue weighted by molar-refractivity contribution is -0.166. The fourth-order valence-corrected chi connectivity index (χ4v) is 7.44. The monoisotopic (exact) mass is 1060 g/mol. The van der Waals surface area contributed by atoms with Gasteiger partial charge in [-0.05, 0) is 141 Å². The van der Waals surface area contributed by atoms with E-state index < -0.39 is 12.1 Å². The van der Waals surface area contributed by atoms with Gasteiger partial charge in [-0.1, -0.05) is 248 Å². The van der Waals surface area contributed by atoms with Crippen LogP contribution in [0.25, 0.3) is 0 Å². The average Bonchev–Trinajstić information content (AvgIpc) is 3.43. The number of esters is 3. The van der Waals surface area contributed by atoms with Crippen molar-refractivity contribution in [1.82, 2.24) is 0 Å². The highest BCUT2D eigenvalue weighted by molar-refractivity contribution is 5.72. The zero-order valence-electron chi connectivity index (χ0n) is 48.9. The number of hydrogen-bond acceptors (Lipinski definition) is 6. The van der Waals surface area contributed by atoms with Crippen molar-refractivity contribution in [3.63, 3.8) is 0 Å². The summed E-state index contributed by atoms with van der Waals surface area (Å²) in [5, 5.41) is 0. The number of ether oxygens (including phenoxy) is 3. The fourth-order valence-electron chi connectivity index (χ4n) is 7.44. The molecule has 0 aromatic carbocycles. The predicted molar refractivity (Wildman–Crippen MR) is 334 cm³/mol. The molecule has 0 heterocycles. The summed E-state index contributed by atoms with van der Waals surface area (Å²) < 4.78 is 16.7. The molecule has 0 amide bonds. The van der Waals surface area contributed by atoms with Crippen molar-refractivity contribution in [3.8, 4) is 0 Å². The van der Waals surface area contributed by atoms with E-state index in [9.17, 15) is 14.4 Å². The van der Waals surface area contributed by atoms with E-state index in [4.69, 9.17) is 14.2 Å². The maximum Gasteiger partial charge on any atom is 0.310 e. The minimum Gasteiger partial charge on any atom is -0.462 e. The molecule has 77 heavy (non-hydrogen) atoms. The average molecular weight is 1060 g/mol. The van der Waals surface area contributed by atoms with Crippen LogP contribution in [-0.2, 0) is 28.6 Å². The minimum atomic E-state index is -0.860. The van der Waals surface area contributed by atoms with Crippen LogP contribution in [-0.4, -0.2) is 37.2 Å². The first-order valence-corrected chi connectivity index (χ1v) is 30.3. The van der Waals surface area contributed by atoms with E-state index in [1.807, 2.05) is 6.08 Å². The number of hydrogen-bond donors (Lipinski definition) is 0. The summed E-state index contributed by atoms with van der Waals surface area (Å²) in [5.41, 5.74) is 0. The molecule has 0 saturated heterocycles. The molecule has 0 aliphatic rings. The van der Waals surface area contributed by atoms with E-state index in [-0.39, 0.29) is 38.0 Å². The molecule has 0 saturated carbocycles. The van der Waals surface area contributed by atoms with Crippen LogP contribution in [0.3, 0.4) is 0 Å². The Morgan fingerprint density at radius 2 is 0.545 bits per heavy atom. The Kier molecular flexibility index (Phi) is 58.6. The van der Waals surface area contributed by atoms with E-state index in [0.29, 0.717) is 12.8 Å². The highest BCUT2D eigenvalue weighted by atomic mass is 16.6. The summed E-state index contributed by atoms with van der Waals surface area (Å²) in [4.78, 5) is 38.1. The van der Waals surface area contributed by atoms with Crippen LogP contribution >= 0.6 is 0 Å². The summed E-state index contributed by atoms with van der Waals surface area (Å²) in [7, 11) is 0. The van der Waals surface area contributed by atoms with Gasteiger partial charge in [0.25, 0.3) is 0 Å². The Labute approximate surface area is 472 Å².